The first-order valence-electron chi connectivity index (χ1n) is 16.7. The second-order valence-corrected chi connectivity index (χ2v) is 13.1. The minimum absolute atomic E-state index is 0.00271. The number of alkyl halides is 2. The summed E-state index contributed by atoms with van der Waals surface area (Å²) in [6, 6.07) is 19.5. The van der Waals surface area contributed by atoms with Crippen molar-refractivity contribution in [1.82, 2.24) is 24.8 Å². The maximum absolute atomic E-state index is 16.8. The third-order valence-electron chi connectivity index (χ3n) is 9.58. The molecule has 5 aromatic rings. The number of hydrogen-bond donors (Lipinski definition) is 0. The van der Waals surface area contributed by atoms with Crippen LogP contribution in [0.25, 0.3) is 37.8 Å². The molecule has 2 fully saturated rings. The lowest BCUT2D eigenvalue weighted by Crippen LogP contribution is -2.56. The minimum atomic E-state index is -2.85. The molecule has 3 aromatic carbocycles. The predicted molar refractivity (Wildman–Crippen MR) is 187 cm³/mol. The lowest BCUT2D eigenvalue weighted by atomic mass is 9.97. The fourth-order valence-corrected chi connectivity index (χ4v) is 7.01. The smallest absolute Gasteiger partial charge is 0.410 e. The third-order valence-corrected chi connectivity index (χ3v) is 9.58. The van der Waals surface area contributed by atoms with Crippen LogP contribution >= 0.6 is 0 Å². The van der Waals surface area contributed by atoms with Gasteiger partial charge in [-0.15, -0.1) is 0 Å². The van der Waals surface area contributed by atoms with Gasteiger partial charge >= 0.3 is 12.1 Å². The second-order valence-electron chi connectivity index (χ2n) is 13.1. The number of fused-ring (bicyclic) bond motifs is 2. The molecule has 0 spiro atoms. The van der Waals surface area contributed by atoms with E-state index in [2.05, 4.69) is 19.8 Å². The van der Waals surface area contributed by atoms with Crippen LogP contribution in [0.4, 0.5) is 23.8 Å². The van der Waals surface area contributed by atoms with Crippen LogP contribution in [-0.4, -0.2) is 95.2 Å². The molecule has 0 radical (unpaired) electrons. The molecule has 0 aliphatic carbocycles. The first kappa shape index (κ1) is 34.0. The van der Waals surface area contributed by atoms with Crippen molar-refractivity contribution in [3.8, 4) is 17.3 Å². The van der Waals surface area contributed by atoms with Crippen LogP contribution in [0.2, 0.25) is 0 Å². The number of nitrogens with zero attached hydrogens (tertiary/aromatic N) is 7. The molecule has 2 aliphatic heterocycles. The van der Waals surface area contributed by atoms with E-state index in [0.717, 1.165) is 21.9 Å². The van der Waals surface area contributed by atoms with Gasteiger partial charge in [-0.3, -0.25) is 14.8 Å². The van der Waals surface area contributed by atoms with Crippen LogP contribution in [0, 0.1) is 19.3 Å². The topological polar surface area (TPSA) is 88.3 Å². The van der Waals surface area contributed by atoms with Gasteiger partial charge in [0.05, 0.1) is 11.9 Å². The number of piperazine rings is 1. The maximum atomic E-state index is 16.8. The molecule has 2 aliphatic rings. The Labute approximate surface area is 293 Å². The summed E-state index contributed by atoms with van der Waals surface area (Å²) in [6.45, 7) is 9.81. The molecule has 10 nitrogen and oxygen atoms in total. The van der Waals surface area contributed by atoms with Crippen molar-refractivity contribution >= 4 is 33.6 Å². The highest BCUT2D eigenvalue weighted by atomic mass is 19.3. The van der Waals surface area contributed by atoms with Crippen molar-refractivity contribution in [3.63, 3.8) is 0 Å². The summed E-state index contributed by atoms with van der Waals surface area (Å²) in [4.78, 5) is 35.4. The van der Waals surface area contributed by atoms with Crippen molar-refractivity contribution in [1.29, 1.82) is 0 Å². The first-order chi connectivity index (χ1) is 24.6. The fraction of sp³-hybridized carbons (Fsp3) is 0.342. The molecule has 0 unspecified atom stereocenters. The van der Waals surface area contributed by atoms with Crippen molar-refractivity contribution in [2.45, 2.75) is 38.0 Å². The van der Waals surface area contributed by atoms with Crippen LogP contribution in [0.5, 0.6) is 6.01 Å². The lowest BCUT2D eigenvalue weighted by molar-refractivity contribution is 0.0136. The van der Waals surface area contributed by atoms with Crippen LogP contribution in [0.3, 0.4) is 0 Å². The van der Waals surface area contributed by atoms with Gasteiger partial charge in [-0.25, -0.2) is 24.5 Å². The Bertz CT molecular complexity index is 2120. The highest BCUT2D eigenvalue weighted by Gasteiger charge is 2.43. The average molecular weight is 696 g/mol. The lowest BCUT2D eigenvalue weighted by Gasteiger charge is -2.39. The molecule has 2 aromatic heterocycles. The molecular formula is C38H36F3N7O3. The zero-order chi connectivity index (χ0) is 35.7. The molecule has 1 amide bonds. The first-order valence-corrected chi connectivity index (χ1v) is 16.7. The van der Waals surface area contributed by atoms with E-state index in [0.29, 0.717) is 16.8 Å². The summed E-state index contributed by atoms with van der Waals surface area (Å²) in [6.07, 6.45) is 0.608. The number of rotatable bonds is 8. The third kappa shape index (κ3) is 6.96. The van der Waals surface area contributed by atoms with Gasteiger partial charge in [-0.2, -0.15) is 9.97 Å². The number of carbonyl (C=O) groups excluding carboxylic acids is 1. The Kier molecular flexibility index (Phi) is 9.35. The summed E-state index contributed by atoms with van der Waals surface area (Å²) in [5, 5.41) is 2.11. The van der Waals surface area contributed by atoms with Crippen LogP contribution in [0.15, 0.2) is 72.9 Å². The summed E-state index contributed by atoms with van der Waals surface area (Å²) in [5.41, 5.74) is 2.46. The molecule has 13 heteroatoms. The normalized spacial score (nSPS) is 19.0. The number of ether oxygens (including phenoxy) is 2. The Morgan fingerprint density at radius 2 is 1.82 bits per heavy atom. The molecule has 2 atom stereocenters. The number of likely N-dealkylation sites (tertiary alicyclic amines) is 1. The van der Waals surface area contributed by atoms with E-state index in [4.69, 9.17) is 16.0 Å². The number of benzene rings is 3. The Morgan fingerprint density at radius 3 is 2.57 bits per heavy atom. The van der Waals surface area contributed by atoms with Gasteiger partial charge in [0.25, 0.3) is 5.92 Å². The van der Waals surface area contributed by atoms with Crippen molar-refractivity contribution in [3.05, 3.63) is 101 Å². The summed E-state index contributed by atoms with van der Waals surface area (Å²) in [7, 11) is 1.60. The Hall–Kier alpha value is -5.48. The monoisotopic (exact) mass is 695 g/mol. The average Bonchev–Trinajstić information content (AvgIpc) is 3.40. The number of hydrogen-bond acceptors (Lipinski definition) is 8. The number of likely N-dealkylation sites (N-methyl/N-ethyl adjacent to an activating group) is 1. The van der Waals surface area contributed by atoms with E-state index >= 15 is 4.39 Å². The number of halogens is 3. The number of pyridine rings is 1. The number of anilines is 1. The largest absolute Gasteiger partial charge is 0.462 e. The molecule has 262 valence electrons. The standard InChI is InChI=1S/C38H36F3N7O3/c1-24-9-7-12-26-13-8-14-29(31(24)26)33-32(39)34-30(19-43-33)35(45-36(44-34)50-22-27-17-38(40,41)23-46(27)3)47-15-16-48(28(20-47)18-42-2)37(49)51-21-25-10-5-4-6-11-25/h4-14,19,27-28H,15-18,20-23H2,1,3H3/t27-,28-/m0/s1. The number of carbonyl (C=O) groups is 1. The highest BCUT2D eigenvalue weighted by molar-refractivity contribution is 6.00. The number of aryl methyl sites for hydroxylation is 1. The van der Waals surface area contributed by atoms with Gasteiger partial charge in [0.15, 0.2) is 5.82 Å². The van der Waals surface area contributed by atoms with E-state index < -0.39 is 29.9 Å². The van der Waals surface area contributed by atoms with Crippen molar-refractivity contribution in [2.75, 3.05) is 51.3 Å². The van der Waals surface area contributed by atoms with Gasteiger partial charge in [-0.1, -0.05) is 66.7 Å². The van der Waals surface area contributed by atoms with Crippen LogP contribution in [-0.2, 0) is 11.3 Å². The Morgan fingerprint density at radius 1 is 1.04 bits per heavy atom. The summed E-state index contributed by atoms with van der Waals surface area (Å²) in [5.74, 6) is -3.22. The molecule has 0 N–H and O–H groups in total. The van der Waals surface area contributed by atoms with Crippen molar-refractivity contribution < 1.29 is 27.4 Å². The maximum Gasteiger partial charge on any atom is 0.410 e. The Balaban J connectivity index is 1.24. The fourth-order valence-electron chi connectivity index (χ4n) is 7.01. The highest BCUT2D eigenvalue weighted by Crippen LogP contribution is 2.37. The van der Waals surface area contributed by atoms with Gasteiger partial charge in [0.2, 0.25) is 6.54 Å². The molecule has 2 saturated heterocycles. The van der Waals surface area contributed by atoms with Gasteiger partial charge in [0.1, 0.15) is 36.3 Å². The van der Waals surface area contributed by atoms with E-state index in [9.17, 15) is 13.6 Å². The van der Waals surface area contributed by atoms with Gasteiger partial charge < -0.3 is 19.2 Å². The minimum Gasteiger partial charge on any atom is -0.462 e. The molecular weight excluding hydrogens is 659 g/mol. The molecule has 4 heterocycles. The van der Waals surface area contributed by atoms with Crippen molar-refractivity contribution in [2.24, 2.45) is 0 Å². The van der Waals surface area contributed by atoms with Crippen LogP contribution in [0.1, 0.15) is 17.5 Å². The SMILES string of the molecule is [C-]#[N+]C[C@H]1CN(c2nc(OC[C@@H]3CC(F)(F)CN3C)nc3c(F)c(-c4cccc5cccc(C)c45)ncc23)CCN1C(=O)OCc1ccccc1. The quantitative estimate of drug-likeness (QED) is 0.165. The zero-order valence-corrected chi connectivity index (χ0v) is 28.2. The van der Waals surface area contributed by atoms with Gasteiger partial charge in [0, 0.05) is 43.9 Å². The summed E-state index contributed by atoms with van der Waals surface area (Å²) < 4.78 is 56.6. The number of amides is 1. The molecule has 51 heavy (non-hydrogen) atoms. The van der Waals surface area contributed by atoms with Gasteiger partial charge in [-0.05, 0) is 35.9 Å². The predicted octanol–water partition coefficient (Wildman–Crippen LogP) is 6.76. The van der Waals surface area contributed by atoms with E-state index in [1.54, 1.807) is 7.05 Å². The second kappa shape index (κ2) is 14.0. The van der Waals surface area contributed by atoms with E-state index in [1.807, 2.05) is 78.6 Å². The van der Waals surface area contributed by atoms with Crippen LogP contribution < -0.4 is 9.64 Å². The van der Waals surface area contributed by atoms with E-state index in [-0.39, 0.29) is 69.6 Å². The molecule has 0 saturated carbocycles. The summed E-state index contributed by atoms with van der Waals surface area (Å²) >= 11 is 0. The molecule has 7 rings (SSSR count). The van der Waals surface area contributed by atoms with E-state index in [1.165, 1.54) is 16.0 Å². The number of aromatic nitrogens is 3. The molecule has 0 bridgehead atoms. The zero-order valence-electron chi connectivity index (χ0n) is 28.2.